The highest BCUT2D eigenvalue weighted by Crippen LogP contribution is 2.09. The highest BCUT2D eigenvalue weighted by atomic mass is 16.5. The largest absolute Gasteiger partial charge is 0.461 e. The molecule has 2 rings (SSSR count). The summed E-state index contributed by atoms with van der Waals surface area (Å²) in [4.78, 5) is 23.1. The third kappa shape index (κ3) is 3.07. The van der Waals surface area contributed by atoms with E-state index in [0.29, 0.717) is 12.4 Å². The van der Waals surface area contributed by atoms with Crippen molar-refractivity contribution in [1.82, 2.24) is 15.0 Å². The molecule has 2 heterocycles. The summed E-state index contributed by atoms with van der Waals surface area (Å²) in [5, 5.41) is 0. The number of hydrogen-bond donors (Lipinski definition) is 0. The van der Waals surface area contributed by atoms with Gasteiger partial charge in [0.15, 0.2) is 18.2 Å². The molecule has 2 aromatic rings. The summed E-state index contributed by atoms with van der Waals surface area (Å²) in [5.74, 6) is 0.351. The first-order valence-electron chi connectivity index (χ1n) is 5.56. The zero-order valence-electron chi connectivity index (χ0n) is 9.98. The van der Waals surface area contributed by atoms with E-state index in [-0.39, 0.29) is 12.5 Å². The van der Waals surface area contributed by atoms with Crippen molar-refractivity contribution in [2.75, 3.05) is 6.61 Å². The Morgan fingerprint density at radius 2 is 1.94 bits per heavy atom. The fourth-order valence-corrected chi connectivity index (χ4v) is 1.46. The van der Waals surface area contributed by atoms with Crippen LogP contribution in [-0.2, 0) is 16.1 Å². The van der Waals surface area contributed by atoms with Gasteiger partial charge in [0.25, 0.3) is 0 Å². The van der Waals surface area contributed by atoms with E-state index in [2.05, 4.69) is 15.0 Å². The Labute approximate surface area is 104 Å². The molecule has 0 aliphatic heterocycles. The second-order valence-electron chi connectivity index (χ2n) is 3.53. The van der Waals surface area contributed by atoms with E-state index in [0.717, 1.165) is 5.56 Å². The molecule has 2 aromatic heterocycles. The SMILES string of the molecule is CCOC(=O)C[n+]1ccc(-c2ncncn2)cc1. The lowest BCUT2D eigenvalue weighted by Crippen LogP contribution is -2.37. The van der Waals surface area contributed by atoms with Gasteiger partial charge in [-0.3, -0.25) is 0 Å². The number of aromatic nitrogens is 4. The van der Waals surface area contributed by atoms with Crippen LogP contribution >= 0.6 is 0 Å². The van der Waals surface area contributed by atoms with Gasteiger partial charge in [-0.1, -0.05) is 0 Å². The number of rotatable bonds is 4. The second-order valence-corrected chi connectivity index (χ2v) is 3.53. The molecule has 0 spiro atoms. The molecule has 0 amide bonds. The van der Waals surface area contributed by atoms with Crippen LogP contribution in [-0.4, -0.2) is 27.5 Å². The van der Waals surface area contributed by atoms with Crippen LogP contribution in [0.15, 0.2) is 37.2 Å². The first-order chi connectivity index (χ1) is 8.79. The number of carbonyl (C=O) groups excluding carboxylic acids is 1. The molecule has 0 aliphatic rings. The van der Waals surface area contributed by atoms with E-state index in [1.807, 2.05) is 12.1 Å². The van der Waals surface area contributed by atoms with E-state index in [1.54, 1.807) is 23.9 Å². The molecule has 0 aliphatic carbocycles. The quantitative estimate of drug-likeness (QED) is 0.575. The Hall–Kier alpha value is -2.37. The zero-order chi connectivity index (χ0) is 12.8. The molecule has 0 bridgehead atoms. The molecule has 6 heteroatoms. The molecule has 0 saturated heterocycles. The Bertz CT molecular complexity index is 513. The molecule has 18 heavy (non-hydrogen) atoms. The number of esters is 1. The van der Waals surface area contributed by atoms with Gasteiger partial charge in [-0.15, -0.1) is 0 Å². The van der Waals surface area contributed by atoms with Gasteiger partial charge < -0.3 is 4.74 Å². The minimum absolute atomic E-state index is 0.200. The average Bonchev–Trinajstić information content (AvgIpc) is 2.41. The number of carbonyl (C=O) groups is 1. The summed E-state index contributed by atoms with van der Waals surface area (Å²) in [5.41, 5.74) is 0.873. The van der Waals surface area contributed by atoms with E-state index in [1.165, 1.54) is 12.7 Å². The normalized spacial score (nSPS) is 10.1. The van der Waals surface area contributed by atoms with Crippen molar-refractivity contribution in [2.45, 2.75) is 13.5 Å². The van der Waals surface area contributed by atoms with Gasteiger partial charge in [0.1, 0.15) is 12.7 Å². The van der Waals surface area contributed by atoms with E-state index in [9.17, 15) is 4.79 Å². The number of nitrogens with zero attached hydrogens (tertiary/aromatic N) is 4. The standard InChI is InChI=1S/C12H13N4O2/c1-2-18-11(17)7-16-5-3-10(4-6-16)12-14-8-13-9-15-12/h3-6,8-9H,2,7H2,1H3/q+1. The first kappa shape index (κ1) is 12.1. The highest BCUT2D eigenvalue weighted by Gasteiger charge is 2.10. The lowest BCUT2D eigenvalue weighted by Gasteiger charge is -1.99. The molecule has 92 valence electrons. The topological polar surface area (TPSA) is 68.8 Å². The van der Waals surface area contributed by atoms with Gasteiger partial charge in [-0.2, -0.15) is 4.57 Å². The maximum absolute atomic E-state index is 11.3. The Balaban J connectivity index is 2.09. The Morgan fingerprint density at radius 3 is 2.56 bits per heavy atom. The molecule has 0 N–H and O–H groups in total. The minimum atomic E-state index is -0.254. The van der Waals surface area contributed by atoms with Crippen molar-refractivity contribution in [3.8, 4) is 11.4 Å². The van der Waals surface area contributed by atoms with Gasteiger partial charge in [0.2, 0.25) is 6.54 Å². The van der Waals surface area contributed by atoms with Crippen LogP contribution in [0.2, 0.25) is 0 Å². The summed E-state index contributed by atoms with van der Waals surface area (Å²) < 4.78 is 6.61. The molecule has 0 aromatic carbocycles. The molecular weight excluding hydrogens is 232 g/mol. The van der Waals surface area contributed by atoms with Crippen LogP contribution in [0.1, 0.15) is 6.92 Å². The van der Waals surface area contributed by atoms with Crippen LogP contribution in [0, 0.1) is 0 Å². The van der Waals surface area contributed by atoms with Crippen molar-refractivity contribution in [3.63, 3.8) is 0 Å². The van der Waals surface area contributed by atoms with Gasteiger partial charge in [-0.25, -0.2) is 19.7 Å². The van der Waals surface area contributed by atoms with Crippen LogP contribution in [0.4, 0.5) is 0 Å². The van der Waals surface area contributed by atoms with Crippen LogP contribution in [0.5, 0.6) is 0 Å². The first-order valence-corrected chi connectivity index (χ1v) is 5.56. The monoisotopic (exact) mass is 245 g/mol. The summed E-state index contributed by atoms with van der Waals surface area (Å²) in [6.45, 7) is 2.38. The molecular formula is C12H13N4O2+. The fourth-order valence-electron chi connectivity index (χ4n) is 1.46. The number of hydrogen-bond acceptors (Lipinski definition) is 5. The van der Waals surface area contributed by atoms with E-state index in [4.69, 9.17) is 4.74 Å². The second kappa shape index (κ2) is 5.81. The summed E-state index contributed by atoms with van der Waals surface area (Å²) >= 11 is 0. The lowest BCUT2D eigenvalue weighted by molar-refractivity contribution is -0.685. The van der Waals surface area contributed by atoms with Crippen LogP contribution < -0.4 is 4.57 Å². The fraction of sp³-hybridized carbons (Fsp3) is 0.250. The van der Waals surface area contributed by atoms with Crippen molar-refractivity contribution >= 4 is 5.97 Å². The van der Waals surface area contributed by atoms with Gasteiger partial charge in [0, 0.05) is 17.7 Å². The lowest BCUT2D eigenvalue weighted by atomic mass is 10.2. The van der Waals surface area contributed by atoms with Crippen molar-refractivity contribution in [1.29, 1.82) is 0 Å². The minimum Gasteiger partial charge on any atom is -0.461 e. The van der Waals surface area contributed by atoms with E-state index >= 15 is 0 Å². The molecule has 0 atom stereocenters. The Kier molecular flexibility index (Phi) is 3.90. The maximum atomic E-state index is 11.3. The van der Waals surface area contributed by atoms with Crippen molar-refractivity contribution in [3.05, 3.63) is 37.2 Å². The molecule has 0 fully saturated rings. The zero-order valence-corrected chi connectivity index (χ0v) is 9.98. The summed E-state index contributed by atoms with van der Waals surface area (Å²) in [6.07, 6.45) is 6.47. The average molecular weight is 245 g/mol. The third-order valence-electron chi connectivity index (χ3n) is 2.26. The number of pyridine rings is 1. The highest BCUT2D eigenvalue weighted by molar-refractivity contribution is 5.67. The van der Waals surface area contributed by atoms with E-state index < -0.39 is 0 Å². The third-order valence-corrected chi connectivity index (χ3v) is 2.26. The van der Waals surface area contributed by atoms with Gasteiger partial charge in [0.05, 0.1) is 6.61 Å². The van der Waals surface area contributed by atoms with Gasteiger partial charge in [-0.05, 0) is 6.92 Å². The molecule has 0 radical (unpaired) electrons. The van der Waals surface area contributed by atoms with Crippen molar-refractivity contribution in [2.24, 2.45) is 0 Å². The number of ether oxygens (including phenoxy) is 1. The summed E-state index contributed by atoms with van der Waals surface area (Å²) in [7, 11) is 0. The predicted molar refractivity (Wildman–Crippen MR) is 62.1 cm³/mol. The van der Waals surface area contributed by atoms with Gasteiger partial charge >= 0.3 is 5.97 Å². The molecule has 0 unspecified atom stereocenters. The predicted octanol–water partition coefficient (Wildman–Crippen LogP) is 0.389. The van der Waals surface area contributed by atoms with Crippen molar-refractivity contribution < 1.29 is 14.1 Å². The molecule has 0 saturated carbocycles. The maximum Gasteiger partial charge on any atom is 0.372 e. The van der Waals surface area contributed by atoms with Crippen LogP contribution in [0.3, 0.4) is 0 Å². The smallest absolute Gasteiger partial charge is 0.372 e. The Morgan fingerprint density at radius 1 is 1.28 bits per heavy atom. The summed E-state index contributed by atoms with van der Waals surface area (Å²) in [6, 6.07) is 3.68. The molecule has 6 nitrogen and oxygen atoms in total. The van der Waals surface area contributed by atoms with Crippen LogP contribution in [0.25, 0.3) is 11.4 Å².